The quantitative estimate of drug-likeness (QED) is 0.582. The van der Waals surface area contributed by atoms with E-state index < -0.39 is 0 Å². The fourth-order valence-corrected chi connectivity index (χ4v) is 4.28. The van der Waals surface area contributed by atoms with E-state index in [0.717, 1.165) is 37.9 Å². The number of amides is 1. The van der Waals surface area contributed by atoms with Gasteiger partial charge in [-0.15, -0.1) is 0 Å². The van der Waals surface area contributed by atoms with Gasteiger partial charge in [0, 0.05) is 37.8 Å². The Balaban J connectivity index is 1.69. The zero-order valence-electron chi connectivity index (χ0n) is 17.9. The number of carbonyl (C=O) groups excluding carboxylic acids is 1. The van der Waals surface area contributed by atoms with E-state index in [0.29, 0.717) is 28.7 Å². The van der Waals surface area contributed by atoms with Gasteiger partial charge in [-0.2, -0.15) is 10.4 Å². The molecular weight excluding hydrogens is 423 g/mol. The van der Waals surface area contributed by atoms with Crippen LogP contribution in [0, 0.1) is 11.3 Å². The molecule has 1 amide bonds. The highest BCUT2D eigenvalue weighted by atomic mass is 31.0. The van der Waals surface area contributed by atoms with Crippen molar-refractivity contribution in [2.75, 3.05) is 18.4 Å². The molecule has 2 aromatic heterocycles. The van der Waals surface area contributed by atoms with Crippen LogP contribution in [0.15, 0.2) is 48.7 Å². The highest BCUT2D eigenvalue weighted by Gasteiger charge is 2.26. The number of nitrogens with one attached hydrogen (secondary N) is 1. The van der Waals surface area contributed by atoms with Crippen LogP contribution in [0.3, 0.4) is 0 Å². The second kappa shape index (κ2) is 9.90. The van der Waals surface area contributed by atoms with Crippen LogP contribution in [0.4, 0.5) is 5.82 Å². The van der Waals surface area contributed by atoms with Crippen LogP contribution in [0.1, 0.15) is 37.8 Å². The molecule has 3 heterocycles. The minimum absolute atomic E-state index is 0.0597. The van der Waals surface area contributed by atoms with Crippen molar-refractivity contribution in [3.05, 3.63) is 54.2 Å². The van der Waals surface area contributed by atoms with E-state index in [1.807, 2.05) is 41.1 Å². The molecule has 0 radical (unpaired) electrons. The number of hydrogen-bond acceptors (Lipinski definition) is 6. The fraction of sp³-hybridized carbons (Fsp3) is 0.304. The fourth-order valence-electron chi connectivity index (χ4n) is 3.85. The summed E-state index contributed by atoms with van der Waals surface area (Å²) in [7, 11) is 2.76. The Labute approximate surface area is 189 Å². The molecular formula is C23H25N6O2P. The summed E-state index contributed by atoms with van der Waals surface area (Å²) >= 11 is 0. The number of anilines is 1. The van der Waals surface area contributed by atoms with Gasteiger partial charge in [-0.25, -0.2) is 9.67 Å². The molecule has 1 aromatic carbocycles. The summed E-state index contributed by atoms with van der Waals surface area (Å²) in [6.45, 7) is 3.21. The number of benzene rings is 1. The lowest BCUT2D eigenvalue weighted by Crippen LogP contribution is -2.24. The van der Waals surface area contributed by atoms with E-state index in [4.69, 9.17) is 9.84 Å². The predicted molar refractivity (Wildman–Crippen MR) is 125 cm³/mol. The van der Waals surface area contributed by atoms with Crippen molar-refractivity contribution in [2.24, 2.45) is 0 Å². The van der Waals surface area contributed by atoms with Gasteiger partial charge in [0.1, 0.15) is 28.9 Å². The first-order valence-electron chi connectivity index (χ1n) is 10.5. The molecule has 3 aromatic rings. The molecule has 1 N–H and O–H groups in total. The van der Waals surface area contributed by atoms with Gasteiger partial charge in [-0.1, -0.05) is 15.5 Å². The van der Waals surface area contributed by atoms with E-state index in [1.54, 1.807) is 12.3 Å². The van der Waals surface area contributed by atoms with Crippen molar-refractivity contribution in [3.8, 4) is 29.0 Å². The van der Waals surface area contributed by atoms with Gasteiger partial charge in [0.05, 0.1) is 6.04 Å². The van der Waals surface area contributed by atoms with Gasteiger partial charge in [-0.3, -0.25) is 9.46 Å². The Morgan fingerprint density at radius 3 is 2.75 bits per heavy atom. The summed E-state index contributed by atoms with van der Waals surface area (Å²) in [5.74, 6) is 1.36. The maximum Gasteiger partial charge on any atom is 0.222 e. The van der Waals surface area contributed by atoms with Crippen LogP contribution in [-0.2, 0) is 4.79 Å². The van der Waals surface area contributed by atoms with Gasteiger partial charge < -0.3 is 10.1 Å². The molecule has 2 unspecified atom stereocenters. The van der Waals surface area contributed by atoms with Crippen molar-refractivity contribution >= 4 is 21.1 Å². The molecule has 8 nitrogen and oxygen atoms in total. The zero-order valence-corrected chi connectivity index (χ0v) is 19.0. The van der Waals surface area contributed by atoms with E-state index in [1.165, 1.54) is 6.92 Å². The van der Waals surface area contributed by atoms with Gasteiger partial charge in [-0.05, 0) is 49.6 Å². The van der Waals surface area contributed by atoms with Crippen LogP contribution < -0.4 is 10.1 Å². The smallest absolute Gasteiger partial charge is 0.222 e. The second-order valence-corrected chi connectivity index (χ2v) is 8.48. The molecule has 0 bridgehead atoms. The lowest BCUT2D eigenvalue weighted by Gasteiger charge is -2.22. The summed E-state index contributed by atoms with van der Waals surface area (Å²) < 4.78 is 9.76. The van der Waals surface area contributed by atoms with E-state index in [9.17, 15) is 10.1 Å². The molecule has 4 rings (SSSR count). The SMILES string of the molecule is CC(=O)Nc1c(C#N)c(-c2ccc(Oc3ccccn3)cc2)nn1C1CCCCN(P)C1. The summed E-state index contributed by atoms with van der Waals surface area (Å²) in [6.07, 6.45) is 4.76. The number of nitriles is 1. The van der Waals surface area contributed by atoms with Crippen LogP contribution in [-0.4, -0.2) is 38.4 Å². The molecule has 0 aliphatic carbocycles. The third-order valence-electron chi connectivity index (χ3n) is 5.33. The van der Waals surface area contributed by atoms with Crippen molar-refractivity contribution in [1.29, 1.82) is 5.26 Å². The molecule has 9 heteroatoms. The van der Waals surface area contributed by atoms with Crippen molar-refractivity contribution in [2.45, 2.75) is 32.2 Å². The van der Waals surface area contributed by atoms with E-state index >= 15 is 0 Å². The van der Waals surface area contributed by atoms with Crippen molar-refractivity contribution in [3.63, 3.8) is 0 Å². The lowest BCUT2D eigenvalue weighted by molar-refractivity contribution is -0.114. The molecule has 0 spiro atoms. The van der Waals surface area contributed by atoms with Gasteiger partial charge in [0.15, 0.2) is 0 Å². The number of carbonyl (C=O) groups is 1. The lowest BCUT2D eigenvalue weighted by atomic mass is 10.1. The maximum atomic E-state index is 11.9. The molecule has 1 aliphatic heterocycles. The number of ether oxygens (including phenoxy) is 1. The highest BCUT2D eigenvalue weighted by molar-refractivity contribution is 7.13. The zero-order chi connectivity index (χ0) is 22.5. The topological polar surface area (TPSA) is 96.1 Å². The molecule has 2 atom stereocenters. The normalized spacial score (nSPS) is 16.7. The Bertz CT molecular complexity index is 1120. The highest BCUT2D eigenvalue weighted by Crippen LogP contribution is 2.34. The minimum atomic E-state index is -0.232. The summed E-state index contributed by atoms with van der Waals surface area (Å²) in [4.78, 5) is 16.1. The maximum absolute atomic E-state index is 11.9. The largest absolute Gasteiger partial charge is 0.439 e. The van der Waals surface area contributed by atoms with E-state index in [2.05, 4.69) is 30.4 Å². The molecule has 0 saturated carbocycles. The van der Waals surface area contributed by atoms with E-state index in [-0.39, 0.29) is 11.9 Å². The van der Waals surface area contributed by atoms with Gasteiger partial charge >= 0.3 is 0 Å². The Kier molecular flexibility index (Phi) is 6.79. The minimum Gasteiger partial charge on any atom is -0.439 e. The third-order valence-corrected chi connectivity index (χ3v) is 5.80. The van der Waals surface area contributed by atoms with Gasteiger partial charge in [0.25, 0.3) is 0 Å². The molecule has 1 aliphatic rings. The van der Waals surface area contributed by atoms with Crippen molar-refractivity contribution < 1.29 is 9.53 Å². The number of hydrogen-bond donors (Lipinski definition) is 1. The summed E-state index contributed by atoms with van der Waals surface area (Å²) in [5, 5.41) is 17.6. The predicted octanol–water partition coefficient (Wildman–Crippen LogP) is 4.38. The number of pyridine rings is 1. The monoisotopic (exact) mass is 448 g/mol. The Hall–Kier alpha value is -3.27. The number of nitrogens with zero attached hydrogens (tertiary/aromatic N) is 5. The van der Waals surface area contributed by atoms with Crippen molar-refractivity contribution in [1.82, 2.24) is 19.4 Å². The standard InChI is InChI=1S/C23H25N6O2P/c1-16(30)26-23-20(14-24)22(27-29(23)18-6-3-5-13-28(32)15-18)17-8-10-19(11-9-17)31-21-7-2-4-12-25-21/h2,4,7-12,18H,3,5-6,13,15,32H2,1H3,(H,26,30). The number of aromatic nitrogens is 3. The average molecular weight is 448 g/mol. The molecule has 1 fully saturated rings. The van der Waals surface area contributed by atoms with Crippen LogP contribution >= 0.6 is 9.39 Å². The first kappa shape index (κ1) is 21.9. The Morgan fingerprint density at radius 1 is 1.25 bits per heavy atom. The molecule has 32 heavy (non-hydrogen) atoms. The summed E-state index contributed by atoms with van der Waals surface area (Å²) in [6, 6.07) is 15.1. The molecule has 164 valence electrons. The van der Waals surface area contributed by atoms with Crippen LogP contribution in [0.25, 0.3) is 11.3 Å². The van der Waals surface area contributed by atoms with Crippen LogP contribution in [0.5, 0.6) is 11.6 Å². The van der Waals surface area contributed by atoms with Gasteiger partial charge in [0.2, 0.25) is 11.8 Å². The van der Waals surface area contributed by atoms with Crippen LogP contribution in [0.2, 0.25) is 0 Å². The number of rotatable bonds is 5. The Morgan fingerprint density at radius 2 is 2.06 bits per heavy atom. The average Bonchev–Trinajstić information content (AvgIpc) is 2.99. The summed E-state index contributed by atoms with van der Waals surface area (Å²) in [5.41, 5.74) is 1.68. The molecule has 1 saturated heterocycles. The second-order valence-electron chi connectivity index (χ2n) is 7.75. The third kappa shape index (κ3) is 4.96. The first-order chi connectivity index (χ1) is 15.5. The first-order valence-corrected chi connectivity index (χ1v) is 11.1.